The van der Waals surface area contributed by atoms with Gasteiger partial charge in [0.15, 0.2) is 5.43 Å². The van der Waals surface area contributed by atoms with Crippen LogP contribution < -0.4 is 21.2 Å². The van der Waals surface area contributed by atoms with Crippen LogP contribution in [0, 0.1) is 0 Å². The molecule has 2 bridgehead atoms. The number of hydrogen-bond donors (Lipinski definition) is 4. The number of phenols is 1. The molecule has 37 heavy (non-hydrogen) atoms. The van der Waals surface area contributed by atoms with Gasteiger partial charge < -0.3 is 35.2 Å². The summed E-state index contributed by atoms with van der Waals surface area (Å²) in [6, 6.07) is 1.18. The predicted molar refractivity (Wildman–Crippen MR) is 137 cm³/mol. The first-order chi connectivity index (χ1) is 17.7. The van der Waals surface area contributed by atoms with Crippen molar-refractivity contribution in [3.05, 3.63) is 67.9 Å². The predicted octanol–water partition coefficient (Wildman–Crippen LogP) is 2.99. The molecule has 0 spiro atoms. The molecule has 9 nitrogen and oxygen atoms in total. The monoisotopic (exact) mass is 508 g/mol. The van der Waals surface area contributed by atoms with Crippen LogP contribution in [0.2, 0.25) is 0 Å². The van der Waals surface area contributed by atoms with Crippen molar-refractivity contribution >= 4 is 16.9 Å². The molecule has 0 fully saturated rings. The van der Waals surface area contributed by atoms with Gasteiger partial charge in [-0.25, -0.2) is 4.79 Å². The largest absolute Gasteiger partial charge is 0.507 e. The van der Waals surface area contributed by atoms with E-state index in [-0.39, 0.29) is 28.9 Å². The van der Waals surface area contributed by atoms with Gasteiger partial charge in [-0.15, -0.1) is 0 Å². The van der Waals surface area contributed by atoms with Crippen LogP contribution in [-0.2, 0) is 29.0 Å². The Balaban J connectivity index is 1.78. The highest BCUT2D eigenvalue weighted by molar-refractivity contribution is 5.91. The Kier molecular flexibility index (Phi) is 6.27. The number of carbonyl (C=O) groups excluding carboxylic acids is 1. The number of hydrogen-bond acceptors (Lipinski definition) is 9. The molecule has 0 unspecified atom stereocenters. The zero-order chi connectivity index (χ0) is 26.5. The van der Waals surface area contributed by atoms with E-state index in [0.717, 1.165) is 17.6 Å². The van der Waals surface area contributed by atoms with Gasteiger partial charge in [0.2, 0.25) is 0 Å². The maximum Gasteiger partial charge on any atom is 0.333 e. The van der Waals surface area contributed by atoms with E-state index >= 15 is 0 Å². The molecule has 3 aliphatic heterocycles. The third-order valence-electron chi connectivity index (χ3n) is 7.73. The van der Waals surface area contributed by atoms with Gasteiger partial charge in [0.25, 0.3) is 0 Å². The van der Waals surface area contributed by atoms with Crippen LogP contribution in [0.5, 0.6) is 11.5 Å². The Morgan fingerprint density at radius 2 is 2.16 bits per heavy atom. The number of fused-ring (bicyclic) bond motifs is 4. The normalized spacial score (nSPS) is 23.5. The number of benzene rings is 1. The van der Waals surface area contributed by atoms with Gasteiger partial charge in [-0.05, 0) is 51.2 Å². The first kappa shape index (κ1) is 25.0. The fraction of sp³-hybridized carbons (Fsp3) is 0.429. The van der Waals surface area contributed by atoms with Crippen LogP contribution in [-0.4, -0.2) is 34.4 Å². The van der Waals surface area contributed by atoms with Crippen molar-refractivity contribution in [1.29, 1.82) is 0 Å². The minimum absolute atomic E-state index is 0.0120. The lowest BCUT2D eigenvalue weighted by Crippen LogP contribution is -2.51. The van der Waals surface area contributed by atoms with E-state index < -0.39 is 29.7 Å². The topological polar surface area (TPSA) is 144 Å². The molecule has 9 heteroatoms. The molecule has 4 heterocycles. The first-order valence-electron chi connectivity index (χ1n) is 12.6. The number of carbonyl (C=O) groups is 1. The van der Waals surface area contributed by atoms with Crippen molar-refractivity contribution in [3.63, 3.8) is 0 Å². The molecular formula is C28H32N2O7. The van der Waals surface area contributed by atoms with Crippen molar-refractivity contribution in [2.45, 2.75) is 71.2 Å². The third kappa shape index (κ3) is 4.17. The average Bonchev–Trinajstić information content (AvgIpc) is 2.87. The molecule has 1 aromatic heterocycles. The second-order valence-electron chi connectivity index (χ2n) is 10.1. The standard InChI is InChI=1S/C28H32N2O7/c1-4-14(2)27(34)36-21-12-18-23(33)22-20(32)11-16(13-31)35-25(22)19-10-15-7-9-30-26(29)17(15)6-5-8-28(21,3)37-24(18)19/h4,7,11,21,30-31,33H,5-6,8-10,12-13,29H2,1-3H3/b14-4-/t21-,28+/m1/s1. The minimum Gasteiger partial charge on any atom is -0.507 e. The van der Waals surface area contributed by atoms with E-state index in [2.05, 4.69) is 11.4 Å². The first-order valence-corrected chi connectivity index (χ1v) is 12.6. The van der Waals surface area contributed by atoms with Crippen LogP contribution in [0.1, 0.15) is 56.9 Å². The lowest BCUT2D eigenvalue weighted by atomic mass is 9.80. The molecule has 3 aliphatic rings. The molecule has 0 radical (unpaired) electrons. The van der Waals surface area contributed by atoms with E-state index in [1.54, 1.807) is 19.9 Å². The van der Waals surface area contributed by atoms with E-state index in [9.17, 15) is 19.8 Å². The Labute approximate surface area is 214 Å². The summed E-state index contributed by atoms with van der Waals surface area (Å²) in [6.07, 6.45) is 5.54. The summed E-state index contributed by atoms with van der Waals surface area (Å²) in [6.45, 7) is 5.45. The number of rotatable bonds is 3. The van der Waals surface area contributed by atoms with Crippen LogP contribution in [0.3, 0.4) is 0 Å². The summed E-state index contributed by atoms with van der Waals surface area (Å²) in [5, 5.41) is 24.2. The smallest absolute Gasteiger partial charge is 0.333 e. The van der Waals surface area contributed by atoms with E-state index in [0.29, 0.717) is 54.1 Å². The van der Waals surface area contributed by atoms with Gasteiger partial charge in [-0.1, -0.05) is 12.2 Å². The number of allylic oxidation sites excluding steroid dienone is 3. The summed E-state index contributed by atoms with van der Waals surface area (Å²) in [4.78, 5) is 25.9. The Morgan fingerprint density at radius 1 is 1.38 bits per heavy atom. The molecule has 0 aliphatic carbocycles. The van der Waals surface area contributed by atoms with Gasteiger partial charge >= 0.3 is 5.97 Å². The molecule has 0 saturated heterocycles. The fourth-order valence-electron chi connectivity index (χ4n) is 5.46. The zero-order valence-electron chi connectivity index (χ0n) is 21.3. The van der Waals surface area contributed by atoms with Gasteiger partial charge in [-0.2, -0.15) is 0 Å². The molecule has 1 aromatic carbocycles. The Morgan fingerprint density at radius 3 is 2.89 bits per heavy atom. The van der Waals surface area contributed by atoms with Gasteiger partial charge in [0.05, 0.1) is 5.82 Å². The summed E-state index contributed by atoms with van der Waals surface area (Å²) >= 11 is 0. The maximum atomic E-state index is 13.1. The number of ether oxygens (including phenoxy) is 2. The SMILES string of the molecule is C/C=C(/C)C(=O)O[C@@H]1Cc2c3c(c4oc(CO)cc(=O)c4c2O)CC2=CCNC(N)=C2CCC[C@]1(C)O3. The number of nitrogens with two attached hydrogens (primary N) is 1. The van der Waals surface area contributed by atoms with Gasteiger partial charge in [0.1, 0.15) is 46.5 Å². The fourth-order valence-corrected chi connectivity index (χ4v) is 5.46. The van der Waals surface area contributed by atoms with Gasteiger partial charge in [-0.3, -0.25) is 4.79 Å². The molecule has 5 rings (SSSR count). The van der Waals surface area contributed by atoms with Crippen molar-refractivity contribution in [1.82, 2.24) is 5.32 Å². The van der Waals surface area contributed by atoms with E-state index in [4.69, 9.17) is 19.6 Å². The molecule has 2 aromatic rings. The van der Waals surface area contributed by atoms with Crippen LogP contribution in [0.4, 0.5) is 0 Å². The number of aromatic hydroxyl groups is 1. The number of esters is 1. The second kappa shape index (κ2) is 9.30. The lowest BCUT2D eigenvalue weighted by Gasteiger charge is -2.43. The highest BCUT2D eigenvalue weighted by Gasteiger charge is 2.46. The minimum atomic E-state index is -0.904. The highest BCUT2D eigenvalue weighted by Crippen LogP contribution is 2.49. The van der Waals surface area contributed by atoms with Crippen molar-refractivity contribution < 1.29 is 28.9 Å². The van der Waals surface area contributed by atoms with Crippen molar-refractivity contribution in [3.8, 4) is 11.5 Å². The van der Waals surface area contributed by atoms with Crippen molar-refractivity contribution in [2.75, 3.05) is 6.54 Å². The average molecular weight is 509 g/mol. The third-order valence-corrected chi connectivity index (χ3v) is 7.73. The molecular weight excluding hydrogens is 476 g/mol. The second-order valence-corrected chi connectivity index (χ2v) is 10.1. The molecule has 0 saturated carbocycles. The molecule has 5 N–H and O–H groups in total. The molecule has 2 atom stereocenters. The van der Waals surface area contributed by atoms with E-state index in [1.165, 1.54) is 6.07 Å². The quantitative estimate of drug-likeness (QED) is 0.363. The summed E-state index contributed by atoms with van der Waals surface area (Å²) in [5.41, 5.74) is 8.58. The van der Waals surface area contributed by atoms with Crippen LogP contribution >= 0.6 is 0 Å². The maximum absolute atomic E-state index is 13.1. The van der Waals surface area contributed by atoms with Crippen molar-refractivity contribution in [2.24, 2.45) is 5.73 Å². The Hall–Kier alpha value is -3.72. The number of nitrogens with one attached hydrogen (secondary N) is 1. The lowest BCUT2D eigenvalue weighted by molar-refractivity contribution is -0.159. The van der Waals surface area contributed by atoms with E-state index in [1.807, 2.05) is 6.92 Å². The number of phenolic OH excluding ortho intramolecular Hbond substituents is 1. The summed E-state index contributed by atoms with van der Waals surface area (Å²) in [7, 11) is 0. The number of dihydropyridines is 1. The van der Waals surface area contributed by atoms with Gasteiger partial charge in [0, 0.05) is 42.2 Å². The number of aliphatic hydroxyl groups excluding tert-OH is 1. The summed E-state index contributed by atoms with van der Waals surface area (Å²) in [5.74, 6) is 0.391. The highest BCUT2D eigenvalue weighted by atomic mass is 16.6. The Bertz CT molecular complexity index is 1450. The van der Waals surface area contributed by atoms with Crippen LogP contribution in [0.25, 0.3) is 11.0 Å². The molecule has 0 amide bonds. The zero-order valence-corrected chi connectivity index (χ0v) is 21.3. The molecule has 196 valence electrons. The number of aliphatic hydroxyl groups is 1. The van der Waals surface area contributed by atoms with Crippen LogP contribution in [0.15, 0.2) is 50.0 Å². The summed E-state index contributed by atoms with van der Waals surface area (Å²) < 4.78 is 18.5.